The monoisotopic (exact) mass is 426 g/mol. The first-order chi connectivity index (χ1) is 14.5. The van der Waals surface area contributed by atoms with E-state index in [1.165, 1.54) is 4.31 Å². The summed E-state index contributed by atoms with van der Waals surface area (Å²) in [6.45, 7) is 1.87. The Hall–Kier alpha value is -2.75. The molecule has 1 N–H and O–H groups in total. The summed E-state index contributed by atoms with van der Waals surface area (Å²) < 4.78 is 34.6. The van der Waals surface area contributed by atoms with Crippen molar-refractivity contribution in [2.75, 3.05) is 19.7 Å². The van der Waals surface area contributed by atoms with Crippen LogP contribution in [0.3, 0.4) is 0 Å². The van der Waals surface area contributed by atoms with Crippen molar-refractivity contribution in [3.05, 3.63) is 66.1 Å². The van der Waals surface area contributed by atoms with E-state index < -0.39 is 10.0 Å². The second-order valence-electron chi connectivity index (χ2n) is 7.85. The SMILES string of the molecule is O=C(NCc1ccc(S(=O)(=O)N2CC3(CCCO3)C2)cc1)c1ccc2nccn2c1. The summed E-state index contributed by atoms with van der Waals surface area (Å²) in [6, 6.07) is 10.2. The van der Waals surface area contributed by atoms with Crippen LogP contribution in [0, 0.1) is 0 Å². The Kier molecular flexibility index (Phi) is 4.61. The van der Waals surface area contributed by atoms with E-state index in [1.54, 1.807) is 59.4 Å². The van der Waals surface area contributed by atoms with Crippen LogP contribution in [-0.4, -0.2) is 53.3 Å². The van der Waals surface area contributed by atoms with Gasteiger partial charge in [0.2, 0.25) is 10.0 Å². The first-order valence-corrected chi connectivity index (χ1v) is 11.3. The van der Waals surface area contributed by atoms with Crippen LogP contribution in [0.2, 0.25) is 0 Å². The predicted molar refractivity (Wildman–Crippen MR) is 109 cm³/mol. The van der Waals surface area contributed by atoms with E-state index in [-0.39, 0.29) is 16.4 Å². The van der Waals surface area contributed by atoms with Crippen LogP contribution >= 0.6 is 0 Å². The number of pyridine rings is 1. The number of amides is 1. The third-order valence-electron chi connectivity index (χ3n) is 5.78. The van der Waals surface area contributed by atoms with E-state index in [9.17, 15) is 13.2 Å². The second kappa shape index (κ2) is 7.19. The van der Waals surface area contributed by atoms with Crippen LogP contribution in [-0.2, 0) is 21.3 Å². The average Bonchev–Trinajstić information content (AvgIpc) is 3.40. The van der Waals surface area contributed by atoms with Crippen molar-refractivity contribution in [1.29, 1.82) is 0 Å². The lowest BCUT2D eigenvalue weighted by Crippen LogP contribution is -2.62. The number of fused-ring (bicyclic) bond motifs is 1. The number of imidazole rings is 1. The van der Waals surface area contributed by atoms with Crippen LogP contribution < -0.4 is 5.32 Å². The van der Waals surface area contributed by atoms with Gasteiger partial charge in [-0.1, -0.05) is 12.1 Å². The van der Waals surface area contributed by atoms with Crippen LogP contribution in [0.5, 0.6) is 0 Å². The Morgan fingerprint density at radius 3 is 2.70 bits per heavy atom. The first kappa shape index (κ1) is 19.2. The average molecular weight is 426 g/mol. The highest BCUT2D eigenvalue weighted by Gasteiger charge is 2.51. The highest BCUT2D eigenvalue weighted by molar-refractivity contribution is 7.89. The van der Waals surface area contributed by atoms with Crippen molar-refractivity contribution >= 4 is 21.6 Å². The number of ether oxygens (including phenoxy) is 1. The van der Waals surface area contributed by atoms with E-state index in [4.69, 9.17) is 4.74 Å². The van der Waals surface area contributed by atoms with Crippen molar-refractivity contribution in [3.63, 3.8) is 0 Å². The number of hydrogen-bond acceptors (Lipinski definition) is 5. The fraction of sp³-hybridized carbons (Fsp3) is 0.333. The molecule has 2 aliphatic rings. The fourth-order valence-electron chi connectivity index (χ4n) is 4.04. The van der Waals surface area contributed by atoms with Crippen LogP contribution in [0.1, 0.15) is 28.8 Å². The van der Waals surface area contributed by atoms with E-state index in [0.717, 1.165) is 24.1 Å². The minimum atomic E-state index is -3.51. The van der Waals surface area contributed by atoms with Gasteiger partial charge >= 0.3 is 0 Å². The number of carbonyl (C=O) groups excluding carboxylic acids is 1. The highest BCUT2D eigenvalue weighted by atomic mass is 32.2. The Balaban J connectivity index is 1.21. The fourth-order valence-corrected chi connectivity index (χ4v) is 5.63. The number of rotatable bonds is 5. The lowest BCUT2D eigenvalue weighted by Gasteiger charge is -2.45. The molecule has 0 bridgehead atoms. The number of nitrogens with zero attached hydrogens (tertiary/aromatic N) is 3. The van der Waals surface area contributed by atoms with Gasteiger partial charge in [-0.3, -0.25) is 4.79 Å². The number of benzene rings is 1. The molecule has 0 unspecified atom stereocenters. The molecule has 2 aromatic heterocycles. The molecule has 156 valence electrons. The molecule has 0 atom stereocenters. The molecule has 1 spiro atoms. The first-order valence-electron chi connectivity index (χ1n) is 9.89. The Bertz CT molecular complexity index is 1190. The molecule has 5 rings (SSSR count). The van der Waals surface area contributed by atoms with Crippen molar-refractivity contribution in [1.82, 2.24) is 19.0 Å². The van der Waals surface area contributed by atoms with Crippen LogP contribution in [0.15, 0.2) is 59.9 Å². The van der Waals surface area contributed by atoms with Gasteiger partial charge < -0.3 is 14.5 Å². The summed E-state index contributed by atoms with van der Waals surface area (Å²) in [6.07, 6.45) is 7.09. The van der Waals surface area contributed by atoms with Gasteiger partial charge in [-0.2, -0.15) is 4.31 Å². The largest absolute Gasteiger partial charge is 0.372 e. The van der Waals surface area contributed by atoms with Gasteiger partial charge in [0.25, 0.3) is 5.91 Å². The standard InChI is InChI=1S/C21H22N4O4S/c26-20(17-4-7-19-22-9-10-24(19)13-17)23-12-16-2-5-18(6-3-16)30(27,28)25-14-21(15-25)8-1-11-29-21/h2-7,9-10,13H,1,8,11-12,14-15H2,(H,23,26). The maximum Gasteiger partial charge on any atom is 0.253 e. The van der Waals surface area contributed by atoms with Gasteiger partial charge in [0.15, 0.2) is 0 Å². The summed E-state index contributed by atoms with van der Waals surface area (Å²) in [5, 5.41) is 2.86. The molecular weight excluding hydrogens is 404 g/mol. The van der Waals surface area contributed by atoms with E-state index >= 15 is 0 Å². The molecule has 4 heterocycles. The number of aromatic nitrogens is 2. The second-order valence-corrected chi connectivity index (χ2v) is 9.78. The zero-order valence-corrected chi connectivity index (χ0v) is 17.1. The molecule has 0 aliphatic carbocycles. The van der Waals surface area contributed by atoms with Gasteiger partial charge in [0.05, 0.1) is 16.1 Å². The maximum atomic E-state index is 12.8. The van der Waals surface area contributed by atoms with E-state index in [0.29, 0.717) is 31.8 Å². The Labute approximate surface area is 174 Å². The van der Waals surface area contributed by atoms with Crippen molar-refractivity contribution in [2.24, 2.45) is 0 Å². The zero-order valence-electron chi connectivity index (χ0n) is 16.3. The smallest absolute Gasteiger partial charge is 0.253 e. The van der Waals surface area contributed by atoms with Crippen molar-refractivity contribution in [3.8, 4) is 0 Å². The summed E-state index contributed by atoms with van der Waals surface area (Å²) in [5.41, 5.74) is 1.86. The highest BCUT2D eigenvalue weighted by Crippen LogP contribution is 2.37. The Morgan fingerprint density at radius 1 is 1.17 bits per heavy atom. The molecule has 9 heteroatoms. The van der Waals surface area contributed by atoms with Gasteiger partial charge in [-0.15, -0.1) is 0 Å². The molecule has 0 saturated carbocycles. The molecule has 2 saturated heterocycles. The molecule has 1 aromatic carbocycles. The van der Waals surface area contributed by atoms with Gasteiger partial charge in [0.1, 0.15) is 5.65 Å². The number of carbonyl (C=O) groups is 1. The number of hydrogen-bond donors (Lipinski definition) is 1. The Morgan fingerprint density at radius 2 is 1.97 bits per heavy atom. The minimum Gasteiger partial charge on any atom is -0.372 e. The number of sulfonamides is 1. The third kappa shape index (κ3) is 3.38. The normalized spacial score (nSPS) is 18.5. The van der Waals surface area contributed by atoms with E-state index in [2.05, 4.69) is 10.3 Å². The van der Waals surface area contributed by atoms with Crippen LogP contribution in [0.4, 0.5) is 0 Å². The quantitative estimate of drug-likeness (QED) is 0.672. The molecule has 2 fully saturated rings. The zero-order chi connectivity index (χ0) is 20.8. The lowest BCUT2D eigenvalue weighted by atomic mass is 9.94. The maximum absolute atomic E-state index is 12.8. The van der Waals surface area contributed by atoms with Crippen molar-refractivity contribution in [2.45, 2.75) is 29.9 Å². The van der Waals surface area contributed by atoms with Gasteiger partial charge in [-0.05, 0) is 42.7 Å². The molecule has 2 aliphatic heterocycles. The summed E-state index contributed by atoms with van der Waals surface area (Å²) >= 11 is 0. The summed E-state index contributed by atoms with van der Waals surface area (Å²) in [5.74, 6) is -0.204. The third-order valence-corrected chi connectivity index (χ3v) is 7.59. The molecule has 0 radical (unpaired) electrons. The van der Waals surface area contributed by atoms with Crippen LogP contribution in [0.25, 0.3) is 5.65 Å². The van der Waals surface area contributed by atoms with E-state index in [1.807, 2.05) is 0 Å². The lowest BCUT2D eigenvalue weighted by molar-refractivity contribution is -0.0772. The molecule has 30 heavy (non-hydrogen) atoms. The molecular formula is C21H22N4O4S. The number of nitrogens with one attached hydrogen (secondary N) is 1. The van der Waals surface area contributed by atoms with Gasteiger partial charge in [0, 0.05) is 44.8 Å². The predicted octanol–water partition coefficient (Wildman–Crippen LogP) is 1.82. The van der Waals surface area contributed by atoms with Gasteiger partial charge in [-0.25, -0.2) is 13.4 Å². The molecule has 8 nitrogen and oxygen atoms in total. The minimum absolute atomic E-state index is 0.204. The topological polar surface area (TPSA) is 93.0 Å². The summed E-state index contributed by atoms with van der Waals surface area (Å²) in [4.78, 5) is 16.8. The summed E-state index contributed by atoms with van der Waals surface area (Å²) in [7, 11) is -3.51. The molecule has 1 amide bonds. The van der Waals surface area contributed by atoms with Crippen molar-refractivity contribution < 1.29 is 17.9 Å². The molecule has 3 aromatic rings.